The number of hydrogen-bond donors (Lipinski definition) is 3. The van der Waals surface area contributed by atoms with Crippen LogP contribution in [0.4, 0.5) is 5.69 Å². The molecule has 2 aromatic heterocycles. The highest BCUT2D eigenvalue weighted by Crippen LogP contribution is 2.33. The molecular formula is C18H20Br2N4O3S. The summed E-state index contributed by atoms with van der Waals surface area (Å²) >= 11 is 0. The van der Waals surface area contributed by atoms with E-state index in [1.54, 1.807) is 31.5 Å². The summed E-state index contributed by atoms with van der Waals surface area (Å²) in [5.41, 5.74) is 8.93. The molecule has 0 radical (unpaired) electrons. The number of rotatable bonds is 2. The van der Waals surface area contributed by atoms with Crippen LogP contribution in [-0.2, 0) is 9.84 Å². The number of aromatic nitrogens is 2. The fourth-order valence-corrected chi connectivity index (χ4v) is 4.97. The van der Waals surface area contributed by atoms with E-state index >= 15 is 0 Å². The van der Waals surface area contributed by atoms with Crippen LogP contribution in [0.15, 0.2) is 41.6 Å². The number of aryl methyl sites for hydroxylation is 1. The first-order valence-electron chi connectivity index (χ1n) is 8.23. The molecule has 4 rings (SSSR count). The lowest BCUT2D eigenvalue weighted by Gasteiger charge is -2.24. The van der Waals surface area contributed by atoms with E-state index in [1.807, 2.05) is 6.07 Å². The van der Waals surface area contributed by atoms with Crippen molar-refractivity contribution in [2.24, 2.45) is 5.73 Å². The molecule has 28 heavy (non-hydrogen) atoms. The van der Waals surface area contributed by atoms with Gasteiger partial charge in [-0.05, 0) is 42.7 Å². The number of aromatic amines is 1. The molecule has 0 unspecified atom stereocenters. The van der Waals surface area contributed by atoms with Crippen molar-refractivity contribution in [1.29, 1.82) is 0 Å². The Hall–Kier alpha value is -1.75. The van der Waals surface area contributed by atoms with Crippen LogP contribution in [0.25, 0.3) is 11.0 Å². The van der Waals surface area contributed by atoms with Crippen LogP contribution in [0.3, 0.4) is 0 Å². The highest BCUT2D eigenvalue weighted by Gasteiger charge is 2.30. The summed E-state index contributed by atoms with van der Waals surface area (Å²) in [5.74, 6) is -0.368. The van der Waals surface area contributed by atoms with Crippen molar-refractivity contribution < 1.29 is 13.2 Å². The number of halogens is 2. The summed E-state index contributed by atoms with van der Waals surface area (Å²) in [5, 5.41) is 3.63. The zero-order valence-corrected chi connectivity index (χ0v) is 19.2. The lowest BCUT2D eigenvalue weighted by molar-refractivity contribution is 0.102. The second kappa shape index (κ2) is 8.32. The standard InChI is InChI=1S/C18H18N4O3S.2BrH/c1-10-8-13-14(19)4-7-26(24,25)16(13)9-12(10)18(23)22-15-3-6-21-17-11(15)2-5-20-17;;/h2-3,5-6,8-9,14H,4,7,19H2,1H3,(H2,20,21,22,23);2*1H/t14-;;/m0../s1. The molecule has 10 heteroatoms. The first kappa shape index (κ1) is 22.5. The number of nitrogens with two attached hydrogens (primary N) is 1. The largest absolute Gasteiger partial charge is 0.346 e. The van der Waals surface area contributed by atoms with Crippen LogP contribution in [0.5, 0.6) is 0 Å². The van der Waals surface area contributed by atoms with E-state index in [0.717, 1.165) is 5.39 Å². The van der Waals surface area contributed by atoms with E-state index in [4.69, 9.17) is 5.73 Å². The lowest BCUT2D eigenvalue weighted by atomic mass is 9.98. The number of hydrogen-bond acceptors (Lipinski definition) is 5. The molecule has 3 heterocycles. The Morgan fingerprint density at radius 2 is 2.04 bits per heavy atom. The summed E-state index contributed by atoms with van der Waals surface area (Å²) in [6.07, 6.45) is 3.73. The second-order valence-electron chi connectivity index (χ2n) is 6.47. The van der Waals surface area contributed by atoms with Crippen molar-refractivity contribution in [2.45, 2.75) is 24.3 Å². The van der Waals surface area contributed by atoms with Crippen molar-refractivity contribution in [2.75, 3.05) is 11.1 Å². The van der Waals surface area contributed by atoms with Crippen molar-refractivity contribution >= 4 is 66.4 Å². The van der Waals surface area contributed by atoms with Crippen LogP contribution in [0.1, 0.15) is 33.9 Å². The van der Waals surface area contributed by atoms with Gasteiger partial charge < -0.3 is 16.0 Å². The number of H-pyrrole nitrogens is 1. The third-order valence-electron chi connectivity index (χ3n) is 4.74. The molecule has 1 atom stereocenters. The molecule has 1 aromatic carbocycles. The van der Waals surface area contributed by atoms with Gasteiger partial charge in [0.25, 0.3) is 5.91 Å². The number of fused-ring (bicyclic) bond motifs is 2. The fraction of sp³-hybridized carbons (Fsp3) is 0.222. The number of anilines is 1. The summed E-state index contributed by atoms with van der Waals surface area (Å²) in [6, 6.07) is 6.35. The number of nitrogens with one attached hydrogen (secondary N) is 2. The monoisotopic (exact) mass is 530 g/mol. The molecule has 7 nitrogen and oxygen atoms in total. The Bertz CT molecular complexity index is 1140. The van der Waals surface area contributed by atoms with Gasteiger partial charge in [0, 0.05) is 29.4 Å². The zero-order valence-electron chi connectivity index (χ0n) is 14.9. The van der Waals surface area contributed by atoms with Gasteiger partial charge >= 0.3 is 0 Å². The minimum absolute atomic E-state index is 0. The minimum Gasteiger partial charge on any atom is -0.346 e. The third kappa shape index (κ3) is 3.86. The fourth-order valence-electron chi connectivity index (χ4n) is 3.32. The van der Waals surface area contributed by atoms with Gasteiger partial charge in [-0.25, -0.2) is 13.4 Å². The predicted octanol–water partition coefficient (Wildman–Crippen LogP) is 3.46. The van der Waals surface area contributed by atoms with E-state index in [0.29, 0.717) is 34.4 Å². The zero-order chi connectivity index (χ0) is 18.5. The van der Waals surface area contributed by atoms with Gasteiger partial charge in [0.15, 0.2) is 9.84 Å². The van der Waals surface area contributed by atoms with Crippen LogP contribution in [0.2, 0.25) is 0 Å². The maximum Gasteiger partial charge on any atom is 0.255 e. The summed E-state index contributed by atoms with van der Waals surface area (Å²) in [4.78, 5) is 20.1. The molecule has 0 bridgehead atoms. The Morgan fingerprint density at radius 1 is 1.29 bits per heavy atom. The van der Waals surface area contributed by atoms with E-state index in [-0.39, 0.29) is 56.6 Å². The lowest BCUT2D eigenvalue weighted by Crippen LogP contribution is -2.26. The molecule has 4 N–H and O–H groups in total. The van der Waals surface area contributed by atoms with E-state index in [9.17, 15) is 13.2 Å². The van der Waals surface area contributed by atoms with Gasteiger partial charge in [0.05, 0.1) is 16.3 Å². The van der Waals surface area contributed by atoms with E-state index in [1.165, 1.54) is 6.07 Å². The van der Waals surface area contributed by atoms with Gasteiger partial charge in [-0.15, -0.1) is 34.0 Å². The second-order valence-corrected chi connectivity index (χ2v) is 8.55. The van der Waals surface area contributed by atoms with Crippen LogP contribution in [0, 0.1) is 6.92 Å². The molecule has 0 saturated heterocycles. The molecule has 150 valence electrons. The molecule has 1 aliphatic rings. The van der Waals surface area contributed by atoms with Crippen molar-refractivity contribution in [3.05, 3.63) is 53.3 Å². The molecule has 0 saturated carbocycles. The number of pyridine rings is 1. The summed E-state index contributed by atoms with van der Waals surface area (Å²) < 4.78 is 24.8. The highest BCUT2D eigenvalue weighted by atomic mass is 79.9. The molecule has 0 fully saturated rings. The Kier molecular flexibility index (Phi) is 6.70. The molecular weight excluding hydrogens is 512 g/mol. The quantitative estimate of drug-likeness (QED) is 0.468. The van der Waals surface area contributed by atoms with Crippen LogP contribution < -0.4 is 11.1 Å². The first-order chi connectivity index (χ1) is 12.4. The molecule has 1 aliphatic heterocycles. The van der Waals surface area contributed by atoms with Gasteiger partial charge in [0.1, 0.15) is 5.65 Å². The number of carbonyl (C=O) groups is 1. The van der Waals surface area contributed by atoms with Crippen molar-refractivity contribution in [3.8, 4) is 0 Å². The minimum atomic E-state index is -3.42. The maximum absolute atomic E-state index is 12.8. The number of carbonyl (C=O) groups excluding carboxylic acids is 1. The number of sulfone groups is 1. The maximum atomic E-state index is 12.8. The van der Waals surface area contributed by atoms with Crippen molar-refractivity contribution in [1.82, 2.24) is 9.97 Å². The molecule has 0 aliphatic carbocycles. The molecule has 3 aromatic rings. The van der Waals surface area contributed by atoms with Gasteiger partial charge in [-0.2, -0.15) is 0 Å². The Morgan fingerprint density at radius 3 is 2.79 bits per heavy atom. The summed E-state index contributed by atoms with van der Waals surface area (Å²) in [7, 11) is -3.42. The number of nitrogens with zero attached hydrogens (tertiary/aromatic N) is 1. The number of amides is 1. The molecule has 1 amide bonds. The normalized spacial score (nSPS) is 17.1. The van der Waals surface area contributed by atoms with Crippen molar-refractivity contribution in [3.63, 3.8) is 0 Å². The molecule has 0 spiro atoms. The highest BCUT2D eigenvalue weighted by molar-refractivity contribution is 8.93. The third-order valence-corrected chi connectivity index (χ3v) is 6.54. The van der Waals surface area contributed by atoms with Gasteiger partial charge in [-0.3, -0.25) is 4.79 Å². The average molecular weight is 532 g/mol. The predicted molar refractivity (Wildman–Crippen MR) is 119 cm³/mol. The van der Waals surface area contributed by atoms with E-state index < -0.39 is 9.84 Å². The number of benzene rings is 1. The Balaban J connectivity index is 0.00000140. The average Bonchev–Trinajstić information content (AvgIpc) is 3.08. The smallest absolute Gasteiger partial charge is 0.255 e. The van der Waals surface area contributed by atoms with Crippen LogP contribution in [-0.4, -0.2) is 30.0 Å². The van der Waals surface area contributed by atoms with E-state index in [2.05, 4.69) is 15.3 Å². The first-order valence-corrected chi connectivity index (χ1v) is 9.88. The van der Waals surface area contributed by atoms with Gasteiger partial charge in [-0.1, -0.05) is 6.07 Å². The topological polar surface area (TPSA) is 118 Å². The summed E-state index contributed by atoms with van der Waals surface area (Å²) in [6.45, 7) is 1.78. The Labute approximate surface area is 183 Å². The van der Waals surface area contributed by atoms with Crippen LogP contribution >= 0.6 is 34.0 Å². The SMILES string of the molecule is Br.Br.Cc1cc2c(cc1C(=O)Nc1ccnc3[nH]ccc13)S(=O)(=O)CC[C@@H]2N. The van der Waals surface area contributed by atoms with Gasteiger partial charge in [0.2, 0.25) is 0 Å².